The number of halogens is 1. The molecule has 0 radical (unpaired) electrons. The summed E-state index contributed by atoms with van der Waals surface area (Å²) >= 11 is 0. The van der Waals surface area contributed by atoms with Gasteiger partial charge in [0.15, 0.2) is 0 Å². The SMILES string of the molecule is COC(=O)CN1CCNC(C)C1.Cc1cc(C)c(F)cc1C. The maximum absolute atomic E-state index is 12.8. The van der Waals surface area contributed by atoms with Crippen LogP contribution in [0.15, 0.2) is 12.1 Å². The summed E-state index contributed by atoms with van der Waals surface area (Å²) in [4.78, 5) is 13.0. The Morgan fingerprint density at radius 1 is 1.32 bits per heavy atom. The molecule has 0 saturated carbocycles. The second-order valence-electron chi connectivity index (χ2n) is 5.85. The van der Waals surface area contributed by atoms with E-state index in [0.29, 0.717) is 12.6 Å². The van der Waals surface area contributed by atoms with E-state index in [-0.39, 0.29) is 11.8 Å². The zero-order valence-corrected chi connectivity index (χ0v) is 14.2. The third-order valence-corrected chi connectivity index (χ3v) is 3.81. The predicted octanol–water partition coefficient (Wildman–Crippen LogP) is 2.20. The molecule has 1 aromatic carbocycles. The number of ether oxygens (including phenoxy) is 1. The minimum absolute atomic E-state index is 0.108. The first-order valence-electron chi connectivity index (χ1n) is 7.59. The molecule has 1 aliphatic heterocycles. The third-order valence-electron chi connectivity index (χ3n) is 3.81. The molecule has 1 atom stereocenters. The van der Waals surface area contributed by atoms with Gasteiger partial charge in [0.1, 0.15) is 5.82 Å². The maximum atomic E-state index is 12.8. The Morgan fingerprint density at radius 2 is 1.95 bits per heavy atom. The Morgan fingerprint density at radius 3 is 2.50 bits per heavy atom. The molecular weight excluding hydrogens is 283 g/mol. The molecule has 22 heavy (non-hydrogen) atoms. The molecule has 124 valence electrons. The highest BCUT2D eigenvalue weighted by Crippen LogP contribution is 2.12. The van der Waals surface area contributed by atoms with Crippen LogP contribution in [0.5, 0.6) is 0 Å². The van der Waals surface area contributed by atoms with Crippen molar-refractivity contribution in [2.24, 2.45) is 0 Å². The van der Waals surface area contributed by atoms with E-state index >= 15 is 0 Å². The highest BCUT2D eigenvalue weighted by atomic mass is 19.1. The van der Waals surface area contributed by atoms with Crippen LogP contribution in [0.3, 0.4) is 0 Å². The standard InChI is InChI=1S/C9H11F.C8H16N2O2/c1-6-4-8(3)9(10)5-7(6)2;1-7-5-10(4-3-9-7)6-8(11)12-2/h4-5H,1-3H3;7,9H,3-6H2,1-2H3. The van der Waals surface area contributed by atoms with Gasteiger partial charge in [0, 0.05) is 25.7 Å². The summed E-state index contributed by atoms with van der Waals surface area (Å²) in [5, 5.41) is 3.31. The fourth-order valence-corrected chi connectivity index (χ4v) is 2.33. The lowest BCUT2D eigenvalue weighted by atomic mass is 10.1. The Labute approximate surface area is 132 Å². The predicted molar refractivity (Wildman–Crippen MR) is 86.5 cm³/mol. The number of carbonyl (C=O) groups excluding carboxylic acids is 1. The number of nitrogens with zero attached hydrogens (tertiary/aromatic N) is 1. The van der Waals surface area contributed by atoms with Crippen molar-refractivity contribution in [2.75, 3.05) is 33.3 Å². The van der Waals surface area contributed by atoms with Crippen LogP contribution in [0, 0.1) is 26.6 Å². The fourth-order valence-electron chi connectivity index (χ4n) is 2.33. The minimum Gasteiger partial charge on any atom is -0.468 e. The molecular formula is C17H27FN2O2. The topological polar surface area (TPSA) is 41.6 Å². The average molecular weight is 310 g/mol. The zero-order valence-electron chi connectivity index (χ0n) is 14.2. The van der Waals surface area contributed by atoms with E-state index in [1.807, 2.05) is 19.9 Å². The molecule has 1 saturated heterocycles. The molecule has 0 bridgehead atoms. The second kappa shape index (κ2) is 8.86. The Hall–Kier alpha value is -1.46. The number of hydrogen-bond acceptors (Lipinski definition) is 4. The van der Waals surface area contributed by atoms with Crippen LogP contribution < -0.4 is 5.32 Å². The molecule has 4 nitrogen and oxygen atoms in total. The van der Waals surface area contributed by atoms with E-state index in [1.165, 1.54) is 7.11 Å². The number of carbonyl (C=O) groups is 1. The van der Waals surface area contributed by atoms with Crippen molar-refractivity contribution in [3.05, 3.63) is 34.6 Å². The van der Waals surface area contributed by atoms with Gasteiger partial charge in [-0.3, -0.25) is 9.69 Å². The van der Waals surface area contributed by atoms with Crippen molar-refractivity contribution < 1.29 is 13.9 Å². The molecule has 1 heterocycles. The molecule has 1 unspecified atom stereocenters. The molecule has 2 rings (SSSR count). The van der Waals surface area contributed by atoms with Gasteiger partial charge < -0.3 is 10.1 Å². The van der Waals surface area contributed by atoms with Crippen LogP contribution in [0.4, 0.5) is 4.39 Å². The summed E-state index contributed by atoms with van der Waals surface area (Å²) in [6.45, 7) is 11.0. The molecule has 0 spiro atoms. The number of nitrogens with one attached hydrogen (secondary N) is 1. The van der Waals surface area contributed by atoms with E-state index in [9.17, 15) is 9.18 Å². The van der Waals surface area contributed by atoms with Crippen LogP contribution in [-0.2, 0) is 9.53 Å². The van der Waals surface area contributed by atoms with Gasteiger partial charge in [-0.1, -0.05) is 6.07 Å². The lowest BCUT2D eigenvalue weighted by molar-refractivity contribution is -0.142. The molecule has 0 amide bonds. The highest BCUT2D eigenvalue weighted by Gasteiger charge is 2.17. The number of rotatable bonds is 2. The Bertz CT molecular complexity index is 455. The summed E-state index contributed by atoms with van der Waals surface area (Å²) < 4.78 is 17.3. The molecule has 1 aromatic rings. The maximum Gasteiger partial charge on any atom is 0.319 e. The van der Waals surface area contributed by atoms with Gasteiger partial charge >= 0.3 is 5.97 Å². The van der Waals surface area contributed by atoms with Gasteiger partial charge in [0.25, 0.3) is 0 Å². The van der Waals surface area contributed by atoms with Crippen molar-refractivity contribution in [3.8, 4) is 0 Å². The van der Waals surface area contributed by atoms with Crippen LogP contribution in [0.25, 0.3) is 0 Å². The molecule has 1 fully saturated rings. The fraction of sp³-hybridized carbons (Fsp3) is 0.588. The van der Waals surface area contributed by atoms with E-state index in [2.05, 4.69) is 21.9 Å². The average Bonchev–Trinajstić information content (AvgIpc) is 2.46. The van der Waals surface area contributed by atoms with E-state index < -0.39 is 0 Å². The van der Waals surface area contributed by atoms with E-state index in [0.717, 1.165) is 36.3 Å². The first-order chi connectivity index (χ1) is 10.3. The Balaban J connectivity index is 0.000000224. The number of methoxy groups -OCH3 is 1. The van der Waals surface area contributed by atoms with Gasteiger partial charge in [0.05, 0.1) is 13.7 Å². The van der Waals surface area contributed by atoms with Crippen LogP contribution >= 0.6 is 0 Å². The van der Waals surface area contributed by atoms with E-state index in [1.54, 1.807) is 13.0 Å². The molecule has 0 aromatic heterocycles. The summed E-state index contributed by atoms with van der Waals surface area (Å²) in [6.07, 6.45) is 0. The number of benzene rings is 1. The lowest BCUT2D eigenvalue weighted by Crippen LogP contribution is -2.50. The first-order valence-corrected chi connectivity index (χ1v) is 7.59. The number of esters is 1. The van der Waals surface area contributed by atoms with E-state index in [4.69, 9.17) is 0 Å². The normalized spacial score (nSPS) is 18.4. The molecule has 0 aliphatic carbocycles. The molecule has 1 N–H and O–H groups in total. The Kier molecular flexibility index (Phi) is 7.48. The van der Waals surface area contributed by atoms with Crippen molar-refractivity contribution in [1.82, 2.24) is 10.2 Å². The van der Waals surface area contributed by atoms with Gasteiger partial charge in [-0.15, -0.1) is 0 Å². The lowest BCUT2D eigenvalue weighted by Gasteiger charge is -2.30. The summed E-state index contributed by atoms with van der Waals surface area (Å²) in [7, 11) is 1.42. The summed E-state index contributed by atoms with van der Waals surface area (Å²) in [5.74, 6) is -0.257. The van der Waals surface area contributed by atoms with Crippen molar-refractivity contribution in [3.63, 3.8) is 0 Å². The van der Waals surface area contributed by atoms with Crippen molar-refractivity contribution in [2.45, 2.75) is 33.7 Å². The first kappa shape index (κ1) is 18.6. The quantitative estimate of drug-likeness (QED) is 0.851. The molecule has 1 aliphatic rings. The second-order valence-corrected chi connectivity index (χ2v) is 5.85. The number of piperazine rings is 1. The highest BCUT2D eigenvalue weighted by molar-refractivity contribution is 5.71. The van der Waals surface area contributed by atoms with Crippen LogP contribution in [0.1, 0.15) is 23.6 Å². The monoisotopic (exact) mass is 310 g/mol. The zero-order chi connectivity index (χ0) is 16.7. The summed E-state index contributed by atoms with van der Waals surface area (Å²) in [6, 6.07) is 3.92. The number of hydrogen-bond donors (Lipinski definition) is 1. The van der Waals surface area contributed by atoms with Crippen molar-refractivity contribution >= 4 is 5.97 Å². The van der Waals surface area contributed by atoms with Gasteiger partial charge in [-0.05, 0) is 50.5 Å². The van der Waals surface area contributed by atoms with Gasteiger partial charge in [-0.25, -0.2) is 4.39 Å². The summed E-state index contributed by atoms with van der Waals surface area (Å²) in [5.41, 5.74) is 2.89. The van der Waals surface area contributed by atoms with Crippen LogP contribution in [0.2, 0.25) is 0 Å². The van der Waals surface area contributed by atoms with Gasteiger partial charge in [-0.2, -0.15) is 0 Å². The van der Waals surface area contributed by atoms with Crippen LogP contribution in [-0.4, -0.2) is 50.2 Å². The minimum atomic E-state index is -0.149. The van der Waals surface area contributed by atoms with Crippen molar-refractivity contribution in [1.29, 1.82) is 0 Å². The number of aryl methyl sites for hydroxylation is 3. The van der Waals surface area contributed by atoms with Gasteiger partial charge in [0.2, 0.25) is 0 Å². The largest absolute Gasteiger partial charge is 0.468 e. The third kappa shape index (κ3) is 6.12. The smallest absolute Gasteiger partial charge is 0.319 e. The molecule has 5 heteroatoms.